The van der Waals surface area contributed by atoms with Crippen LogP contribution < -0.4 is 5.32 Å². The van der Waals surface area contributed by atoms with Crippen LogP contribution in [0.1, 0.15) is 5.01 Å². The van der Waals surface area contributed by atoms with Crippen molar-refractivity contribution in [3.05, 3.63) is 46.9 Å². The average Bonchev–Trinajstić information content (AvgIpc) is 3.14. The predicted molar refractivity (Wildman–Crippen MR) is 91.1 cm³/mol. The molecule has 7 nitrogen and oxygen atoms in total. The maximum Gasteiger partial charge on any atom is 0.317 e. The molecule has 24 heavy (non-hydrogen) atoms. The fourth-order valence-corrected chi connectivity index (χ4v) is 4.48. The molecule has 0 bridgehead atoms. The number of urea groups is 1. The van der Waals surface area contributed by atoms with Crippen LogP contribution in [-0.2, 0) is 16.6 Å². The minimum Gasteiger partial charge on any atom is -0.331 e. The number of thiazole rings is 1. The Morgan fingerprint density at radius 3 is 2.50 bits per heavy atom. The third-order valence-electron chi connectivity index (χ3n) is 3.78. The zero-order valence-electron chi connectivity index (χ0n) is 13.0. The van der Waals surface area contributed by atoms with Crippen LogP contribution >= 0.6 is 11.3 Å². The monoisotopic (exact) mass is 366 g/mol. The standard InChI is InChI=1S/C15H18N4O3S2/c20-15(17-12-14-16-6-11-23-14)18-7-9-19(10-8-18)24(21,22)13-4-2-1-3-5-13/h1-6,11H,7-10,12H2,(H,17,20). The number of piperazine rings is 1. The summed E-state index contributed by atoms with van der Waals surface area (Å²) in [5, 5.41) is 5.50. The van der Waals surface area contributed by atoms with Gasteiger partial charge in [0.15, 0.2) is 0 Å². The molecular weight excluding hydrogens is 348 g/mol. The van der Waals surface area contributed by atoms with E-state index in [0.717, 1.165) is 5.01 Å². The van der Waals surface area contributed by atoms with Crippen molar-refractivity contribution >= 4 is 27.4 Å². The smallest absolute Gasteiger partial charge is 0.317 e. The molecule has 128 valence electrons. The number of benzene rings is 1. The average molecular weight is 366 g/mol. The Balaban J connectivity index is 1.54. The zero-order chi connectivity index (χ0) is 17.0. The molecule has 9 heteroatoms. The van der Waals surface area contributed by atoms with Crippen LogP contribution in [0.2, 0.25) is 0 Å². The first kappa shape index (κ1) is 16.9. The first-order valence-corrected chi connectivity index (χ1v) is 9.86. The number of nitrogens with one attached hydrogen (secondary N) is 1. The summed E-state index contributed by atoms with van der Waals surface area (Å²) in [6, 6.07) is 8.17. The van der Waals surface area contributed by atoms with Gasteiger partial charge in [-0.25, -0.2) is 18.2 Å². The van der Waals surface area contributed by atoms with Crippen LogP contribution in [0.25, 0.3) is 0 Å². The second-order valence-electron chi connectivity index (χ2n) is 5.29. The number of aromatic nitrogens is 1. The lowest BCUT2D eigenvalue weighted by Crippen LogP contribution is -2.52. The maximum atomic E-state index is 12.5. The third kappa shape index (κ3) is 3.74. The SMILES string of the molecule is O=C(NCc1nccs1)N1CCN(S(=O)(=O)c2ccccc2)CC1. The van der Waals surface area contributed by atoms with Crippen molar-refractivity contribution in [2.45, 2.75) is 11.4 Å². The molecule has 1 aromatic heterocycles. The summed E-state index contributed by atoms with van der Waals surface area (Å²) in [7, 11) is -3.49. The van der Waals surface area contributed by atoms with Gasteiger partial charge in [-0.3, -0.25) is 0 Å². The van der Waals surface area contributed by atoms with Gasteiger partial charge in [-0.05, 0) is 12.1 Å². The summed E-state index contributed by atoms with van der Waals surface area (Å²) in [6.07, 6.45) is 1.69. The van der Waals surface area contributed by atoms with Gasteiger partial charge in [-0.2, -0.15) is 4.31 Å². The number of amides is 2. The van der Waals surface area contributed by atoms with E-state index >= 15 is 0 Å². The lowest BCUT2D eigenvalue weighted by molar-refractivity contribution is 0.172. The van der Waals surface area contributed by atoms with Crippen molar-refractivity contribution in [3.8, 4) is 0 Å². The van der Waals surface area contributed by atoms with Crippen LogP contribution in [0.4, 0.5) is 4.79 Å². The van der Waals surface area contributed by atoms with E-state index in [2.05, 4.69) is 10.3 Å². The van der Waals surface area contributed by atoms with E-state index in [1.165, 1.54) is 15.6 Å². The molecule has 2 heterocycles. The molecular formula is C15H18N4O3S2. The molecule has 2 amide bonds. The molecule has 0 radical (unpaired) electrons. The molecule has 1 aliphatic heterocycles. The molecule has 0 atom stereocenters. The van der Waals surface area contributed by atoms with E-state index in [4.69, 9.17) is 0 Å². The Labute approximate surface area is 145 Å². The van der Waals surface area contributed by atoms with Crippen molar-refractivity contribution in [2.24, 2.45) is 0 Å². The first-order valence-electron chi connectivity index (χ1n) is 7.54. The minimum atomic E-state index is -3.49. The van der Waals surface area contributed by atoms with Crippen LogP contribution in [0.3, 0.4) is 0 Å². The van der Waals surface area contributed by atoms with Crippen molar-refractivity contribution < 1.29 is 13.2 Å². The third-order valence-corrected chi connectivity index (χ3v) is 6.47. The summed E-state index contributed by atoms with van der Waals surface area (Å²) in [5.41, 5.74) is 0. The van der Waals surface area contributed by atoms with E-state index in [9.17, 15) is 13.2 Å². The summed E-state index contributed by atoms with van der Waals surface area (Å²) in [6.45, 7) is 1.72. The largest absolute Gasteiger partial charge is 0.331 e. The Morgan fingerprint density at radius 2 is 1.88 bits per heavy atom. The second kappa shape index (κ2) is 7.29. The summed E-state index contributed by atoms with van der Waals surface area (Å²) < 4.78 is 26.5. The van der Waals surface area contributed by atoms with Crippen molar-refractivity contribution in [2.75, 3.05) is 26.2 Å². The van der Waals surface area contributed by atoms with E-state index in [0.29, 0.717) is 32.7 Å². The van der Waals surface area contributed by atoms with Gasteiger partial charge in [-0.1, -0.05) is 18.2 Å². The van der Waals surface area contributed by atoms with Crippen molar-refractivity contribution in [3.63, 3.8) is 0 Å². The normalized spacial score (nSPS) is 16.1. The topological polar surface area (TPSA) is 82.6 Å². The lowest BCUT2D eigenvalue weighted by atomic mass is 10.4. The molecule has 0 unspecified atom stereocenters. The second-order valence-corrected chi connectivity index (χ2v) is 8.21. The van der Waals surface area contributed by atoms with Crippen LogP contribution in [0, 0.1) is 0 Å². The Kier molecular flexibility index (Phi) is 5.12. The van der Waals surface area contributed by atoms with E-state index in [-0.39, 0.29) is 10.9 Å². The molecule has 3 rings (SSSR count). The molecule has 0 spiro atoms. The molecule has 2 aromatic rings. The van der Waals surface area contributed by atoms with Gasteiger partial charge in [0.1, 0.15) is 5.01 Å². The number of rotatable bonds is 4. The number of carbonyl (C=O) groups is 1. The highest BCUT2D eigenvalue weighted by Crippen LogP contribution is 2.17. The highest BCUT2D eigenvalue weighted by molar-refractivity contribution is 7.89. The van der Waals surface area contributed by atoms with Crippen LogP contribution in [0.5, 0.6) is 0 Å². The molecule has 0 aliphatic carbocycles. The summed E-state index contributed by atoms with van der Waals surface area (Å²) >= 11 is 1.48. The number of hydrogen-bond acceptors (Lipinski definition) is 5. The Morgan fingerprint density at radius 1 is 1.17 bits per heavy atom. The molecule has 0 saturated carbocycles. The number of carbonyl (C=O) groups excluding carboxylic acids is 1. The first-order chi connectivity index (χ1) is 11.6. The number of sulfonamides is 1. The van der Waals surface area contributed by atoms with Gasteiger partial charge in [0, 0.05) is 37.8 Å². The molecule has 1 aliphatic rings. The van der Waals surface area contributed by atoms with Gasteiger partial charge in [0.25, 0.3) is 0 Å². The van der Waals surface area contributed by atoms with Gasteiger partial charge in [0.2, 0.25) is 10.0 Å². The molecule has 1 saturated heterocycles. The van der Waals surface area contributed by atoms with Crippen molar-refractivity contribution in [1.29, 1.82) is 0 Å². The van der Waals surface area contributed by atoms with E-state index < -0.39 is 10.0 Å². The summed E-state index contributed by atoms with van der Waals surface area (Å²) in [5.74, 6) is 0. The van der Waals surface area contributed by atoms with E-state index in [1.807, 2.05) is 5.38 Å². The number of nitrogens with zero attached hydrogens (tertiary/aromatic N) is 3. The Hall–Kier alpha value is -1.97. The predicted octanol–water partition coefficient (Wildman–Crippen LogP) is 1.36. The Bertz CT molecular complexity index is 770. The fraction of sp³-hybridized carbons (Fsp3) is 0.333. The zero-order valence-corrected chi connectivity index (χ0v) is 14.6. The number of hydrogen-bond donors (Lipinski definition) is 1. The quantitative estimate of drug-likeness (QED) is 0.886. The summed E-state index contributed by atoms with van der Waals surface area (Å²) in [4.78, 5) is 18.2. The lowest BCUT2D eigenvalue weighted by Gasteiger charge is -2.33. The maximum absolute atomic E-state index is 12.5. The fourth-order valence-electron chi connectivity index (χ4n) is 2.48. The van der Waals surface area contributed by atoms with Crippen LogP contribution in [0.15, 0.2) is 46.8 Å². The van der Waals surface area contributed by atoms with Crippen LogP contribution in [-0.4, -0.2) is 54.8 Å². The minimum absolute atomic E-state index is 0.193. The molecule has 1 fully saturated rings. The van der Waals surface area contributed by atoms with E-state index in [1.54, 1.807) is 41.4 Å². The highest BCUT2D eigenvalue weighted by atomic mass is 32.2. The van der Waals surface area contributed by atoms with Crippen molar-refractivity contribution in [1.82, 2.24) is 19.5 Å². The molecule has 1 aromatic carbocycles. The molecule has 1 N–H and O–H groups in total. The van der Waals surface area contributed by atoms with Gasteiger partial charge < -0.3 is 10.2 Å². The van der Waals surface area contributed by atoms with Gasteiger partial charge in [0.05, 0.1) is 11.4 Å². The highest BCUT2D eigenvalue weighted by Gasteiger charge is 2.29. The van der Waals surface area contributed by atoms with Gasteiger partial charge in [-0.15, -0.1) is 11.3 Å². The van der Waals surface area contributed by atoms with Gasteiger partial charge >= 0.3 is 6.03 Å².